The molecule has 0 amide bonds. The van der Waals surface area contributed by atoms with E-state index in [1.54, 1.807) is 27.7 Å². The molecule has 28 heavy (non-hydrogen) atoms. The second-order valence-electron chi connectivity index (χ2n) is 8.63. The summed E-state index contributed by atoms with van der Waals surface area (Å²) in [5.74, 6) is 4.97. The molecule has 2 nitrogen and oxygen atoms in total. The predicted molar refractivity (Wildman–Crippen MR) is 137 cm³/mol. The lowest BCUT2D eigenvalue weighted by Crippen LogP contribution is -2.10. The second-order valence-corrected chi connectivity index (χ2v) is 8.63. The third-order valence-electron chi connectivity index (χ3n) is 0.816. The van der Waals surface area contributed by atoms with E-state index in [1.807, 2.05) is 13.8 Å². The summed E-state index contributed by atoms with van der Waals surface area (Å²) >= 11 is 0. The van der Waals surface area contributed by atoms with Gasteiger partial charge in [-0.1, -0.05) is 90.0 Å². The van der Waals surface area contributed by atoms with E-state index < -0.39 is 5.60 Å². The van der Waals surface area contributed by atoms with Crippen LogP contribution < -0.4 is 0 Å². The highest BCUT2D eigenvalue weighted by Gasteiger charge is 1.97. The molecular weight excluding hydrogens is 344 g/mol. The Hall–Kier alpha value is -0.810. The first-order valence-electron chi connectivity index (χ1n) is 10.5. The molecule has 178 valence electrons. The molecule has 0 aliphatic rings. The first kappa shape index (κ1) is 50.6. The van der Waals surface area contributed by atoms with Crippen molar-refractivity contribution in [2.24, 2.45) is 17.8 Å². The summed E-state index contributed by atoms with van der Waals surface area (Å²) in [6.45, 7) is 33.6. The molecule has 1 N–H and O–H groups in total. The van der Waals surface area contributed by atoms with E-state index in [0.29, 0.717) is 0 Å². The van der Waals surface area contributed by atoms with Crippen LogP contribution >= 0.6 is 0 Å². The number of terminal acetylenes is 1. The Morgan fingerprint density at radius 2 is 0.929 bits per heavy atom. The third kappa shape index (κ3) is 10400. The summed E-state index contributed by atoms with van der Waals surface area (Å²) in [5, 5.41) is 8.52. The van der Waals surface area contributed by atoms with Gasteiger partial charge in [-0.25, -0.2) is 0 Å². The number of aliphatic hydroxyl groups is 1. The van der Waals surface area contributed by atoms with E-state index in [4.69, 9.17) is 5.11 Å². The van der Waals surface area contributed by atoms with E-state index in [0.717, 1.165) is 17.8 Å². The van der Waals surface area contributed by atoms with Gasteiger partial charge in [0.05, 0.1) is 5.60 Å². The first-order valence-corrected chi connectivity index (χ1v) is 10.5. The van der Waals surface area contributed by atoms with Crippen LogP contribution in [-0.4, -0.2) is 16.5 Å². The zero-order valence-electron chi connectivity index (χ0n) is 22.4. The van der Waals surface area contributed by atoms with E-state index in [1.165, 1.54) is 20.3 Å². The van der Waals surface area contributed by atoms with Crippen molar-refractivity contribution in [2.75, 3.05) is 0 Å². The molecule has 0 aliphatic carbocycles. The number of carbonyl (C=O) groups excluding carboxylic acids is 1. The lowest BCUT2D eigenvalue weighted by molar-refractivity contribution is -0.115. The summed E-state index contributed by atoms with van der Waals surface area (Å²) in [6.07, 6.45) is 5.90. The van der Waals surface area contributed by atoms with Gasteiger partial charge < -0.3 is 9.90 Å². The van der Waals surface area contributed by atoms with Crippen molar-refractivity contribution >= 4 is 5.78 Å². The second kappa shape index (κ2) is 45.1. The molecule has 0 aromatic rings. The fraction of sp³-hybridized carbons (Fsp3) is 0.885. The summed E-state index contributed by atoms with van der Waals surface area (Å²) in [6, 6.07) is 0. The minimum Gasteiger partial charge on any atom is -0.391 e. The molecule has 0 atom stereocenters. The van der Waals surface area contributed by atoms with Crippen LogP contribution in [0.2, 0.25) is 0 Å². The van der Waals surface area contributed by atoms with Crippen molar-refractivity contribution in [2.45, 2.75) is 137 Å². The van der Waals surface area contributed by atoms with E-state index >= 15 is 0 Å². The van der Waals surface area contributed by atoms with Gasteiger partial charge >= 0.3 is 0 Å². The fourth-order valence-corrected chi connectivity index (χ4v) is 0. The molecular formula is C26H62O2. The van der Waals surface area contributed by atoms with E-state index in [2.05, 4.69) is 74.7 Å². The van der Waals surface area contributed by atoms with Crippen molar-refractivity contribution in [3.63, 3.8) is 0 Å². The highest BCUT2D eigenvalue weighted by atomic mass is 16.3. The SMILES string of the molecule is C.C#CC.CC.CC(C)(C)O.CC(C)=O.CC(C)C.CC(C)C.CCC(C)C. The highest BCUT2D eigenvalue weighted by Crippen LogP contribution is 1.94. The number of ketones is 1. The molecule has 0 rings (SSSR count). The molecule has 0 aromatic carbocycles. The normalized spacial score (nSPS) is 7.86. The summed E-state index contributed by atoms with van der Waals surface area (Å²) in [4.78, 5) is 9.44. The number of hydrogen-bond donors (Lipinski definition) is 1. The first-order chi connectivity index (χ1) is 11.9. The molecule has 0 aliphatic heterocycles. The molecule has 0 unspecified atom stereocenters. The van der Waals surface area contributed by atoms with Gasteiger partial charge in [-0.15, -0.1) is 12.3 Å². The molecule has 0 saturated heterocycles. The zero-order chi connectivity index (χ0) is 24.2. The van der Waals surface area contributed by atoms with Gasteiger partial charge in [-0.2, -0.15) is 0 Å². The van der Waals surface area contributed by atoms with Gasteiger partial charge in [0.2, 0.25) is 0 Å². The van der Waals surface area contributed by atoms with Crippen molar-refractivity contribution < 1.29 is 9.90 Å². The summed E-state index contributed by atoms with van der Waals surface area (Å²) in [5.41, 5.74) is -0.500. The van der Waals surface area contributed by atoms with Gasteiger partial charge in [-0.3, -0.25) is 0 Å². The van der Waals surface area contributed by atoms with Gasteiger partial charge in [0, 0.05) is 0 Å². The molecule has 2 heteroatoms. The van der Waals surface area contributed by atoms with Crippen LogP contribution in [0.25, 0.3) is 0 Å². The standard InChI is InChI=1S/C5H12.C4H10O.2C4H10.C3H6O.C3H4.C2H6.CH4/c1-4-5(2)3;1-4(2,3)5;2*1-4(2)3;1-3(2)4;1-3-2;1-2;/h5H,4H2,1-3H3;5H,1-3H3;2*4H,1-3H3;1-2H3;1H,2H3;1-2H3;1H4. The van der Waals surface area contributed by atoms with Gasteiger partial charge in [0.25, 0.3) is 0 Å². The third-order valence-corrected chi connectivity index (χ3v) is 0.816. The van der Waals surface area contributed by atoms with Crippen LogP contribution in [0.3, 0.4) is 0 Å². The van der Waals surface area contributed by atoms with E-state index in [9.17, 15) is 4.79 Å². The Labute approximate surface area is 183 Å². The monoisotopic (exact) mass is 406 g/mol. The Morgan fingerprint density at radius 3 is 0.929 bits per heavy atom. The Morgan fingerprint density at radius 1 is 0.893 bits per heavy atom. The molecule has 0 bridgehead atoms. The average Bonchev–Trinajstić information content (AvgIpc) is 2.38. The van der Waals surface area contributed by atoms with Crippen molar-refractivity contribution in [3.05, 3.63) is 0 Å². The molecule has 0 aromatic heterocycles. The molecule has 0 spiro atoms. The van der Waals surface area contributed by atoms with E-state index in [-0.39, 0.29) is 13.2 Å². The number of hydrogen-bond acceptors (Lipinski definition) is 2. The van der Waals surface area contributed by atoms with Crippen LogP contribution in [0.1, 0.15) is 132 Å². The minimum absolute atomic E-state index is 0. The maximum atomic E-state index is 9.44. The van der Waals surface area contributed by atoms with Gasteiger partial charge in [0.1, 0.15) is 5.78 Å². The van der Waals surface area contributed by atoms with Gasteiger partial charge in [0.15, 0.2) is 0 Å². The Bertz CT molecular complexity index is 229. The summed E-state index contributed by atoms with van der Waals surface area (Å²) in [7, 11) is 0. The number of Topliss-reactive ketones (excluding diaryl/α,β-unsaturated/α-hetero) is 1. The zero-order valence-corrected chi connectivity index (χ0v) is 22.4. The van der Waals surface area contributed by atoms with Gasteiger partial charge in [-0.05, 0) is 59.3 Å². The van der Waals surface area contributed by atoms with Crippen LogP contribution in [-0.2, 0) is 4.79 Å². The summed E-state index contributed by atoms with van der Waals surface area (Å²) < 4.78 is 0. The smallest absolute Gasteiger partial charge is 0.126 e. The predicted octanol–water partition coefficient (Wildman–Crippen LogP) is 9.05. The fourth-order valence-electron chi connectivity index (χ4n) is 0. The molecule has 0 radical (unpaired) electrons. The average molecular weight is 407 g/mol. The van der Waals surface area contributed by atoms with Crippen LogP contribution in [0.15, 0.2) is 0 Å². The minimum atomic E-state index is -0.500. The maximum Gasteiger partial charge on any atom is 0.126 e. The molecule has 0 fully saturated rings. The van der Waals surface area contributed by atoms with Crippen molar-refractivity contribution in [1.82, 2.24) is 0 Å². The number of rotatable bonds is 1. The molecule has 0 heterocycles. The highest BCUT2D eigenvalue weighted by molar-refractivity contribution is 5.72. The quantitative estimate of drug-likeness (QED) is 0.441. The van der Waals surface area contributed by atoms with Crippen molar-refractivity contribution in [1.29, 1.82) is 0 Å². The topological polar surface area (TPSA) is 37.3 Å². The maximum absolute atomic E-state index is 9.44. The largest absolute Gasteiger partial charge is 0.391 e. The molecule has 0 saturated carbocycles. The Balaban J connectivity index is -0.0000000280. The number of carbonyl (C=O) groups is 1. The Kier molecular flexibility index (Phi) is 81.6. The lowest BCUT2D eigenvalue weighted by Gasteiger charge is -2.04. The van der Waals surface area contributed by atoms with Crippen molar-refractivity contribution in [3.8, 4) is 12.3 Å². The van der Waals surface area contributed by atoms with Crippen LogP contribution in [0.5, 0.6) is 0 Å². The lowest BCUT2D eigenvalue weighted by atomic mass is 10.2. The van der Waals surface area contributed by atoms with Crippen LogP contribution in [0, 0.1) is 30.1 Å². The van der Waals surface area contributed by atoms with Crippen LogP contribution in [0.4, 0.5) is 0 Å².